The summed E-state index contributed by atoms with van der Waals surface area (Å²) in [5, 5.41) is 42.1. The molecule has 0 saturated heterocycles. The van der Waals surface area contributed by atoms with E-state index >= 15 is 0 Å². The number of amides is 2. The van der Waals surface area contributed by atoms with Crippen LogP contribution in [0.5, 0.6) is 5.75 Å². The molecule has 46 heavy (non-hydrogen) atoms. The van der Waals surface area contributed by atoms with E-state index in [1.807, 2.05) is 0 Å². The second kappa shape index (κ2) is 16.1. The number of halogens is 4. The van der Waals surface area contributed by atoms with Crippen molar-refractivity contribution in [3.05, 3.63) is 48.6 Å². The Balaban J connectivity index is 0.000000260. The van der Waals surface area contributed by atoms with Crippen LogP contribution in [0.3, 0.4) is 0 Å². The number of aromatic nitrogens is 12. The zero-order valence-electron chi connectivity index (χ0n) is 24.5. The van der Waals surface area contributed by atoms with Gasteiger partial charge < -0.3 is 20.7 Å². The molecule has 6 rings (SSSR count). The number of hydrogen-bond donors (Lipinski definition) is 4. The molecular formula is C24H25Br4N15O3. The second-order valence-corrected chi connectivity index (χ2v) is 12.1. The van der Waals surface area contributed by atoms with Gasteiger partial charge in [0, 0.05) is 39.3 Å². The lowest BCUT2D eigenvalue weighted by Crippen LogP contribution is -2.22. The van der Waals surface area contributed by atoms with E-state index in [-0.39, 0.29) is 23.3 Å². The van der Waals surface area contributed by atoms with Crippen LogP contribution >= 0.6 is 63.7 Å². The molecule has 0 atom stereocenters. The molecule has 4 N–H and O–H groups in total. The smallest absolute Gasteiger partial charge is 0.273 e. The topological polar surface area (TPSA) is 221 Å². The summed E-state index contributed by atoms with van der Waals surface area (Å²) >= 11 is 12.6. The number of nitrogens with zero attached hydrogens (tertiary/aromatic N) is 11. The molecule has 0 aliphatic heterocycles. The Kier molecular flexibility index (Phi) is 12.2. The molecular weight excluding hydrogens is 866 g/mol. The molecule has 22 heteroatoms. The van der Waals surface area contributed by atoms with Crippen LogP contribution in [0.25, 0.3) is 11.3 Å². The van der Waals surface area contributed by atoms with Crippen LogP contribution in [-0.2, 0) is 18.9 Å². The van der Waals surface area contributed by atoms with Crippen molar-refractivity contribution in [3.63, 3.8) is 0 Å². The Morgan fingerprint density at radius 2 is 1.65 bits per heavy atom. The molecule has 1 fully saturated rings. The molecule has 1 aliphatic rings. The van der Waals surface area contributed by atoms with Crippen molar-refractivity contribution in [2.24, 2.45) is 20.0 Å². The van der Waals surface area contributed by atoms with E-state index in [1.165, 1.54) is 29.8 Å². The van der Waals surface area contributed by atoms with Crippen molar-refractivity contribution < 1.29 is 14.3 Å². The molecule has 0 aromatic carbocycles. The molecule has 0 spiro atoms. The van der Waals surface area contributed by atoms with Gasteiger partial charge in [-0.1, -0.05) is 0 Å². The number of aromatic amines is 1. The molecule has 1 aliphatic carbocycles. The lowest BCUT2D eigenvalue weighted by Gasteiger charge is -2.15. The van der Waals surface area contributed by atoms with Crippen molar-refractivity contribution >= 4 is 92.9 Å². The Morgan fingerprint density at radius 3 is 2.13 bits per heavy atom. The van der Waals surface area contributed by atoms with Crippen LogP contribution in [-0.4, -0.2) is 86.6 Å². The number of hydrogen-bond acceptors (Lipinski definition) is 13. The van der Waals surface area contributed by atoms with Gasteiger partial charge in [-0.2, -0.15) is 25.0 Å². The maximum absolute atomic E-state index is 12.3. The van der Waals surface area contributed by atoms with Crippen molar-refractivity contribution in [3.8, 4) is 17.0 Å². The summed E-state index contributed by atoms with van der Waals surface area (Å²) in [7, 11) is 6.47. The maximum Gasteiger partial charge on any atom is 0.273 e. The second-order valence-electron chi connectivity index (χ2n) is 9.10. The van der Waals surface area contributed by atoms with Crippen LogP contribution in [0.4, 0.5) is 17.3 Å². The number of pyridine rings is 1. The van der Waals surface area contributed by atoms with E-state index in [1.54, 1.807) is 32.6 Å². The number of methoxy groups -OCH3 is 1. The first kappa shape index (κ1) is 35.0. The molecule has 5 heterocycles. The highest BCUT2D eigenvalue weighted by Gasteiger charge is 2.30. The van der Waals surface area contributed by atoms with Gasteiger partial charge in [0.25, 0.3) is 5.91 Å². The first-order valence-corrected chi connectivity index (χ1v) is 16.2. The minimum absolute atomic E-state index is 0.00208. The third-order valence-electron chi connectivity index (χ3n) is 5.77. The van der Waals surface area contributed by atoms with E-state index in [0.717, 1.165) is 22.0 Å². The molecule has 18 nitrogen and oxygen atoms in total. The zero-order valence-corrected chi connectivity index (χ0v) is 30.8. The number of aryl methyl sites for hydroxylation is 2. The van der Waals surface area contributed by atoms with Gasteiger partial charge in [-0.05, 0) is 82.6 Å². The van der Waals surface area contributed by atoms with Crippen LogP contribution in [0.2, 0.25) is 0 Å². The molecule has 0 unspecified atom stereocenters. The van der Waals surface area contributed by atoms with E-state index in [9.17, 15) is 9.59 Å². The lowest BCUT2D eigenvalue weighted by atomic mass is 10.2. The zero-order chi connectivity index (χ0) is 33.4. The van der Waals surface area contributed by atoms with E-state index in [2.05, 4.69) is 131 Å². The van der Waals surface area contributed by atoms with E-state index < -0.39 is 5.91 Å². The third-order valence-corrected chi connectivity index (χ3v) is 9.01. The van der Waals surface area contributed by atoms with Crippen LogP contribution in [0, 0.1) is 5.92 Å². The van der Waals surface area contributed by atoms with Gasteiger partial charge in [-0.3, -0.25) is 9.59 Å². The number of nitrogens with one attached hydrogen (secondary N) is 4. The molecule has 2 amide bonds. The van der Waals surface area contributed by atoms with Crippen LogP contribution < -0.4 is 20.7 Å². The number of carbonyl (C=O) groups excluding carboxylic acids is 2. The summed E-state index contributed by atoms with van der Waals surface area (Å²) in [6.45, 7) is 0. The third kappa shape index (κ3) is 9.33. The highest BCUT2D eigenvalue weighted by atomic mass is 79.9. The standard InChI is InChI=1S/C19H21N9O3.C3H3Br2N3.C2HBr2N3/c1-20-19(30)15-12(8-14(25-26-15)24-18(29)10-4-5-10)23-17-16(31-3)11(6-7-21-17)13-9-22-28(2)27-13;1-8-6-2(4)3(5)7-8;3-1-2(4)6-7-5-1/h6-10H,4-5H2,1-3H3,(H,20,30)(H2,21,23,24,25,29);1H3;(H,5,6,7). The molecule has 1 saturated carbocycles. The summed E-state index contributed by atoms with van der Waals surface area (Å²) in [5.74, 6) is 0.417. The Morgan fingerprint density at radius 1 is 0.978 bits per heavy atom. The van der Waals surface area contributed by atoms with E-state index in [0.29, 0.717) is 37.7 Å². The van der Waals surface area contributed by atoms with Gasteiger partial charge >= 0.3 is 0 Å². The van der Waals surface area contributed by atoms with Crippen molar-refractivity contribution in [2.75, 3.05) is 24.8 Å². The summed E-state index contributed by atoms with van der Waals surface area (Å²) in [6, 6.07) is 3.29. The fraction of sp³-hybridized carbons (Fsp3) is 0.292. The highest BCUT2D eigenvalue weighted by Crippen LogP contribution is 2.36. The minimum atomic E-state index is -0.445. The van der Waals surface area contributed by atoms with Gasteiger partial charge in [-0.15, -0.1) is 30.6 Å². The number of rotatable bonds is 7. The summed E-state index contributed by atoms with van der Waals surface area (Å²) < 4.78 is 8.44. The summed E-state index contributed by atoms with van der Waals surface area (Å²) in [6.07, 6.45) is 4.91. The number of H-pyrrole nitrogens is 1. The van der Waals surface area contributed by atoms with Crippen LogP contribution in [0.1, 0.15) is 23.3 Å². The SMILES string of the molecule is Brc1n[nH]nc1Br.CNC(=O)c1nnc(NC(=O)C2CC2)cc1Nc1nccc(-c2cnn(C)n2)c1OC.Cn1nc(Br)c(Br)n1. The molecule has 5 aromatic heterocycles. The fourth-order valence-corrected chi connectivity index (χ4v) is 4.47. The van der Waals surface area contributed by atoms with Gasteiger partial charge in [0.2, 0.25) is 5.91 Å². The van der Waals surface area contributed by atoms with Gasteiger partial charge in [0.1, 0.15) is 5.69 Å². The number of anilines is 3. The minimum Gasteiger partial charge on any atom is -0.492 e. The van der Waals surface area contributed by atoms with Crippen molar-refractivity contribution in [2.45, 2.75) is 12.8 Å². The monoisotopic (exact) mass is 887 g/mol. The average Bonchev–Trinajstić information content (AvgIpc) is 3.60. The Labute approximate surface area is 294 Å². The van der Waals surface area contributed by atoms with Crippen LogP contribution in [0.15, 0.2) is 42.9 Å². The number of carbonyl (C=O) groups is 2. The highest BCUT2D eigenvalue weighted by molar-refractivity contribution is 9.13. The lowest BCUT2D eigenvalue weighted by molar-refractivity contribution is -0.117. The Hall–Kier alpha value is -3.89. The summed E-state index contributed by atoms with van der Waals surface area (Å²) in [4.78, 5) is 31.7. The number of ether oxygens (including phenoxy) is 1. The largest absolute Gasteiger partial charge is 0.492 e. The first-order chi connectivity index (χ1) is 22.0. The van der Waals surface area contributed by atoms with Crippen molar-refractivity contribution in [1.29, 1.82) is 0 Å². The van der Waals surface area contributed by atoms with Gasteiger partial charge in [0.15, 0.2) is 41.5 Å². The normalized spacial score (nSPS) is 11.8. The average molecular weight is 891 g/mol. The predicted octanol–water partition coefficient (Wildman–Crippen LogP) is 3.80. The molecule has 0 bridgehead atoms. The summed E-state index contributed by atoms with van der Waals surface area (Å²) in [5.41, 5.74) is 1.61. The van der Waals surface area contributed by atoms with Gasteiger partial charge in [0.05, 0.1) is 24.6 Å². The fourth-order valence-electron chi connectivity index (χ4n) is 3.51. The molecule has 0 radical (unpaired) electrons. The quantitative estimate of drug-likeness (QED) is 0.183. The van der Waals surface area contributed by atoms with Crippen molar-refractivity contribution in [1.82, 2.24) is 65.9 Å². The van der Waals surface area contributed by atoms with Gasteiger partial charge in [-0.25, -0.2) is 4.98 Å². The maximum atomic E-state index is 12.3. The van der Waals surface area contributed by atoms with E-state index in [4.69, 9.17) is 4.74 Å². The molecule has 242 valence electrons. The predicted molar refractivity (Wildman–Crippen MR) is 179 cm³/mol. The Bertz CT molecular complexity index is 1790. The molecule has 5 aromatic rings. The first-order valence-electron chi connectivity index (χ1n) is 13.0.